The molecule has 1 aromatic carbocycles. The number of benzene rings is 1. The zero-order valence-corrected chi connectivity index (χ0v) is 17.2. The van der Waals surface area contributed by atoms with E-state index in [4.69, 9.17) is 9.47 Å². The number of rotatable bonds is 8. The lowest BCUT2D eigenvalue weighted by molar-refractivity contribution is 0.0316. The number of hydrogen-bond acceptors (Lipinski definition) is 5. The Morgan fingerprint density at radius 1 is 1.04 bits per heavy atom. The molecule has 150 valence electrons. The largest absolute Gasteiger partial charge is 0.451 e. The second kappa shape index (κ2) is 8.97. The van der Waals surface area contributed by atoms with Crippen LogP contribution < -0.4 is 0 Å². The van der Waals surface area contributed by atoms with Crippen molar-refractivity contribution in [1.29, 1.82) is 0 Å². The lowest BCUT2D eigenvalue weighted by atomic mass is 10.0. The highest BCUT2D eigenvalue weighted by Gasteiger charge is 2.26. The zero-order chi connectivity index (χ0) is 21.0. The van der Waals surface area contributed by atoms with Gasteiger partial charge in [0.05, 0.1) is 24.0 Å². The van der Waals surface area contributed by atoms with E-state index < -0.39 is 12.1 Å². The number of H-pyrrole nitrogens is 1. The second-order valence-corrected chi connectivity index (χ2v) is 7.15. The van der Waals surface area contributed by atoms with Gasteiger partial charge < -0.3 is 14.5 Å². The van der Waals surface area contributed by atoms with Gasteiger partial charge in [0.15, 0.2) is 11.9 Å². The number of ketones is 2. The minimum absolute atomic E-state index is 0.114. The highest BCUT2D eigenvalue weighted by atomic mass is 16.5. The molecule has 2 rings (SSSR count). The maximum absolute atomic E-state index is 12.7. The molecule has 1 aromatic heterocycles. The summed E-state index contributed by atoms with van der Waals surface area (Å²) in [5.41, 5.74) is 3.31. The lowest BCUT2D eigenvalue weighted by Gasteiger charge is -2.13. The summed E-state index contributed by atoms with van der Waals surface area (Å²) in [4.78, 5) is 39.7. The second-order valence-electron chi connectivity index (χ2n) is 7.15. The molecule has 0 aliphatic heterocycles. The molecule has 0 bridgehead atoms. The van der Waals surface area contributed by atoms with Gasteiger partial charge in [-0.25, -0.2) is 4.79 Å². The monoisotopic (exact) mass is 385 g/mol. The van der Waals surface area contributed by atoms with Gasteiger partial charge in [0, 0.05) is 11.3 Å². The van der Waals surface area contributed by atoms with Gasteiger partial charge in [-0.05, 0) is 64.8 Å². The molecule has 0 saturated heterocycles. The van der Waals surface area contributed by atoms with Crippen molar-refractivity contribution >= 4 is 17.5 Å². The maximum Gasteiger partial charge on any atom is 0.338 e. The van der Waals surface area contributed by atoms with Crippen LogP contribution in [0.3, 0.4) is 0 Å². The quantitative estimate of drug-likeness (QED) is 0.544. The van der Waals surface area contributed by atoms with Crippen LogP contribution in [0.15, 0.2) is 24.3 Å². The first-order chi connectivity index (χ1) is 13.1. The number of aryl methyl sites for hydroxylation is 1. The van der Waals surface area contributed by atoms with E-state index in [2.05, 4.69) is 4.98 Å². The van der Waals surface area contributed by atoms with Crippen LogP contribution in [-0.4, -0.2) is 34.7 Å². The van der Waals surface area contributed by atoms with Crippen LogP contribution in [0.2, 0.25) is 0 Å². The van der Waals surface area contributed by atoms with Gasteiger partial charge in [0.2, 0.25) is 5.78 Å². The summed E-state index contributed by atoms with van der Waals surface area (Å²) in [6, 6.07) is 6.89. The molecule has 0 saturated carbocycles. The first-order valence-corrected chi connectivity index (χ1v) is 9.27. The normalized spacial score (nSPS) is 12.1. The fraction of sp³-hybridized carbons (Fsp3) is 0.409. The summed E-state index contributed by atoms with van der Waals surface area (Å²) in [5, 5.41) is 0. The van der Waals surface area contributed by atoms with Crippen molar-refractivity contribution in [2.45, 2.75) is 60.4 Å². The third kappa shape index (κ3) is 4.95. The number of hydrogen-bond donors (Lipinski definition) is 1. The number of nitrogens with one attached hydrogen (secondary N) is 1. The minimum Gasteiger partial charge on any atom is -0.451 e. The van der Waals surface area contributed by atoms with Gasteiger partial charge in [-0.15, -0.1) is 0 Å². The van der Waals surface area contributed by atoms with Crippen molar-refractivity contribution in [3.63, 3.8) is 0 Å². The van der Waals surface area contributed by atoms with Crippen LogP contribution in [0, 0.1) is 13.8 Å². The number of Topliss-reactive ketones (excluding diaryl/α,β-unsaturated/α-hetero) is 2. The summed E-state index contributed by atoms with van der Waals surface area (Å²) >= 11 is 0. The van der Waals surface area contributed by atoms with Gasteiger partial charge in [-0.3, -0.25) is 9.59 Å². The molecular formula is C22H27NO5. The van der Waals surface area contributed by atoms with E-state index in [1.807, 2.05) is 13.8 Å². The summed E-state index contributed by atoms with van der Waals surface area (Å²) in [5.74, 6) is -1.07. The average Bonchev–Trinajstić information content (AvgIpc) is 2.93. The van der Waals surface area contributed by atoms with E-state index in [-0.39, 0.29) is 17.7 Å². The first kappa shape index (κ1) is 21.6. The van der Waals surface area contributed by atoms with E-state index in [1.54, 1.807) is 38.1 Å². The van der Waals surface area contributed by atoms with Crippen LogP contribution in [0.1, 0.15) is 75.7 Å². The van der Waals surface area contributed by atoms with Crippen molar-refractivity contribution < 1.29 is 23.9 Å². The maximum atomic E-state index is 12.7. The van der Waals surface area contributed by atoms with Gasteiger partial charge in [0.25, 0.3) is 0 Å². The van der Waals surface area contributed by atoms with E-state index in [1.165, 1.54) is 13.8 Å². The molecule has 0 spiro atoms. The highest BCUT2D eigenvalue weighted by Crippen LogP contribution is 2.21. The molecule has 2 aromatic rings. The summed E-state index contributed by atoms with van der Waals surface area (Å²) < 4.78 is 10.9. The van der Waals surface area contributed by atoms with Crippen molar-refractivity contribution in [1.82, 2.24) is 4.98 Å². The summed E-state index contributed by atoms with van der Waals surface area (Å²) in [6.45, 7) is 10.8. The molecule has 0 aliphatic carbocycles. The van der Waals surface area contributed by atoms with Crippen LogP contribution in [0.5, 0.6) is 0 Å². The third-order valence-corrected chi connectivity index (χ3v) is 4.46. The van der Waals surface area contributed by atoms with Crippen LogP contribution in [0.25, 0.3) is 0 Å². The highest BCUT2D eigenvalue weighted by molar-refractivity contribution is 6.05. The first-order valence-electron chi connectivity index (χ1n) is 9.27. The minimum atomic E-state index is -0.979. The number of carbonyl (C=O) groups is 3. The molecule has 6 nitrogen and oxygen atoms in total. The Kier molecular flexibility index (Phi) is 6.91. The Hall–Kier alpha value is -2.73. The fourth-order valence-electron chi connectivity index (χ4n) is 3.01. The fourth-order valence-corrected chi connectivity index (χ4v) is 3.01. The van der Waals surface area contributed by atoms with Gasteiger partial charge >= 0.3 is 5.97 Å². The summed E-state index contributed by atoms with van der Waals surface area (Å²) in [6.07, 6.45) is -0.854. The topological polar surface area (TPSA) is 85.5 Å². The Morgan fingerprint density at radius 3 is 2.14 bits per heavy atom. The number of esters is 1. The number of carbonyl (C=O) groups excluding carboxylic acids is 3. The van der Waals surface area contributed by atoms with E-state index in [0.29, 0.717) is 34.7 Å². The van der Waals surface area contributed by atoms with Gasteiger partial charge in [0.1, 0.15) is 0 Å². The molecule has 0 radical (unpaired) electrons. The predicted molar refractivity (Wildman–Crippen MR) is 106 cm³/mol. The molecule has 0 unspecified atom stereocenters. The molecule has 0 aliphatic rings. The standard InChI is InChI=1S/C22H27NO5/c1-12(2)27-11-17-7-9-18(10-8-17)22(26)28-16(6)21(25)20-13(3)19(15(5)24)14(4)23-20/h7-10,12,16,23H,11H2,1-6H3/t16-/m0/s1. The molecular weight excluding hydrogens is 358 g/mol. The number of aromatic nitrogens is 1. The van der Waals surface area contributed by atoms with Crippen molar-refractivity contribution in [3.05, 3.63) is 57.9 Å². The van der Waals surface area contributed by atoms with Gasteiger partial charge in [-0.1, -0.05) is 12.1 Å². The summed E-state index contributed by atoms with van der Waals surface area (Å²) in [7, 11) is 0. The Balaban J connectivity index is 2.07. The van der Waals surface area contributed by atoms with Crippen molar-refractivity contribution in [2.24, 2.45) is 0 Å². The zero-order valence-electron chi connectivity index (χ0n) is 17.2. The van der Waals surface area contributed by atoms with E-state index in [9.17, 15) is 14.4 Å². The van der Waals surface area contributed by atoms with Crippen LogP contribution >= 0.6 is 0 Å². The molecule has 1 N–H and O–H groups in total. The molecule has 1 atom stereocenters. The van der Waals surface area contributed by atoms with E-state index >= 15 is 0 Å². The average molecular weight is 385 g/mol. The van der Waals surface area contributed by atoms with Crippen LogP contribution in [-0.2, 0) is 16.1 Å². The van der Waals surface area contributed by atoms with Gasteiger partial charge in [-0.2, -0.15) is 0 Å². The molecule has 1 heterocycles. The molecule has 0 amide bonds. The third-order valence-electron chi connectivity index (χ3n) is 4.46. The number of aromatic amines is 1. The molecule has 0 fully saturated rings. The van der Waals surface area contributed by atoms with Crippen LogP contribution in [0.4, 0.5) is 0 Å². The van der Waals surface area contributed by atoms with Crippen molar-refractivity contribution in [2.75, 3.05) is 0 Å². The Bertz CT molecular complexity index is 877. The van der Waals surface area contributed by atoms with E-state index in [0.717, 1.165) is 5.56 Å². The lowest BCUT2D eigenvalue weighted by Crippen LogP contribution is -2.25. The Morgan fingerprint density at radius 2 is 1.64 bits per heavy atom. The SMILES string of the molecule is CC(=O)c1c(C)[nH]c(C(=O)[C@H](C)OC(=O)c2ccc(COC(C)C)cc2)c1C. The van der Waals surface area contributed by atoms with Crippen molar-refractivity contribution in [3.8, 4) is 0 Å². The molecule has 28 heavy (non-hydrogen) atoms. The Labute approximate surface area is 165 Å². The number of ether oxygens (including phenoxy) is 2. The predicted octanol–water partition coefficient (Wildman–Crippen LogP) is 4.19. The molecule has 6 heteroatoms. The smallest absolute Gasteiger partial charge is 0.338 e.